The standard InChI is InChI=1S/C12H13NO3/c1-8(2)6-11-13-10(12(14)16-11)7-9-4-3-5-15-9/h3-5,7-8H,6H2,1-2H3/b10-7+. The lowest BCUT2D eigenvalue weighted by Crippen LogP contribution is -2.06. The number of carbonyl (C=O) groups is 1. The van der Waals surface area contributed by atoms with Crippen LogP contribution in [0, 0.1) is 5.92 Å². The molecule has 16 heavy (non-hydrogen) atoms. The van der Waals surface area contributed by atoms with E-state index >= 15 is 0 Å². The van der Waals surface area contributed by atoms with Crippen LogP contribution >= 0.6 is 0 Å². The third-order valence-electron chi connectivity index (χ3n) is 2.07. The molecular formula is C12H13NO3. The van der Waals surface area contributed by atoms with E-state index in [4.69, 9.17) is 9.15 Å². The number of hydrogen-bond acceptors (Lipinski definition) is 4. The topological polar surface area (TPSA) is 51.8 Å². The summed E-state index contributed by atoms with van der Waals surface area (Å²) in [5.41, 5.74) is 0.297. The fourth-order valence-electron chi connectivity index (χ4n) is 1.40. The smallest absolute Gasteiger partial charge is 0.363 e. The van der Waals surface area contributed by atoms with E-state index in [0.717, 1.165) is 0 Å². The first-order chi connectivity index (χ1) is 7.65. The van der Waals surface area contributed by atoms with Crippen LogP contribution in [0.3, 0.4) is 0 Å². The Morgan fingerprint density at radius 3 is 2.94 bits per heavy atom. The number of rotatable bonds is 3. The molecule has 0 amide bonds. The van der Waals surface area contributed by atoms with Gasteiger partial charge in [0.2, 0.25) is 0 Å². The number of aliphatic imine (C=N–C) groups is 1. The van der Waals surface area contributed by atoms with Crippen LogP contribution in [0.15, 0.2) is 33.5 Å². The van der Waals surface area contributed by atoms with Crippen molar-refractivity contribution in [1.29, 1.82) is 0 Å². The molecule has 0 radical (unpaired) electrons. The highest BCUT2D eigenvalue weighted by Crippen LogP contribution is 2.18. The van der Waals surface area contributed by atoms with Crippen LogP contribution in [-0.2, 0) is 9.53 Å². The van der Waals surface area contributed by atoms with Gasteiger partial charge >= 0.3 is 5.97 Å². The second-order valence-electron chi connectivity index (χ2n) is 4.04. The normalized spacial score (nSPS) is 18.1. The molecule has 1 aliphatic rings. The Kier molecular flexibility index (Phi) is 2.90. The maximum atomic E-state index is 11.4. The van der Waals surface area contributed by atoms with Crippen LogP contribution in [0.5, 0.6) is 0 Å². The first kappa shape index (κ1) is 10.7. The van der Waals surface area contributed by atoms with E-state index in [1.54, 1.807) is 24.5 Å². The summed E-state index contributed by atoms with van der Waals surface area (Å²) in [5.74, 6) is 1.08. The van der Waals surface area contributed by atoms with Gasteiger partial charge in [-0.1, -0.05) is 13.8 Å². The van der Waals surface area contributed by atoms with Gasteiger partial charge in [0.25, 0.3) is 0 Å². The SMILES string of the molecule is CC(C)CC1=N/C(=C/c2ccco2)C(=O)O1. The van der Waals surface area contributed by atoms with Crippen molar-refractivity contribution in [2.24, 2.45) is 10.9 Å². The first-order valence-corrected chi connectivity index (χ1v) is 5.20. The van der Waals surface area contributed by atoms with Crippen LogP contribution in [0.4, 0.5) is 0 Å². The zero-order chi connectivity index (χ0) is 11.5. The van der Waals surface area contributed by atoms with Crippen molar-refractivity contribution < 1.29 is 13.9 Å². The molecule has 0 aromatic carbocycles. The molecule has 0 N–H and O–H groups in total. The average Bonchev–Trinajstić information content (AvgIpc) is 2.77. The van der Waals surface area contributed by atoms with Crippen LogP contribution < -0.4 is 0 Å². The van der Waals surface area contributed by atoms with Gasteiger partial charge in [-0.05, 0) is 18.1 Å². The van der Waals surface area contributed by atoms with E-state index < -0.39 is 5.97 Å². The molecule has 0 saturated carbocycles. The van der Waals surface area contributed by atoms with Gasteiger partial charge < -0.3 is 9.15 Å². The number of hydrogen-bond donors (Lipinski definition) is 0. The molecule has 4 nitrogen and oxygen atoms in total. The van der Waals surface area contributed by atoms with Crippen LogP contribution in [-0.4, -0.2) is 11.9 Å². The summed E-state index contributed by atoms with van der Waals surface area (Å²) >= 11 is 0. The van der Waals surface area contributed by atoms with Crippen LogP contribution in [0.2, 0.25) is 0 Å². The molecule has 1 aliphatic heterocycles. The number of nitrogens with zero attached hydrogens (tertiary/aromatic N) is 1. The molecular weight excluding hydrogens is 206 g/mol. The molecule has 2 heterocycles. The fraction of sp³-hybridized carbons (Fsp3) is 0.333. The molecule has 0 unspecified atom stereocenters. The van der Waals surface area contributed by atoms with Crippen molar-refractivity contribution >= 4 is 17.9 Å². The number of ether oxygens (including phenoxy) is 1. The highest BCUT2D eigenvalue weighted by molar-refractivity contribution is 6.07. The summed E-state index contributed by atoms with van der Waals surface area (Å²) in [6.07, 6.45) is 3.79. The number of carbonyl (C=O) groups excluding carboxylic acids is 1. The Morgan fingerprint density at radius 2 is 2.31 bits per heavy atom. The Hall–Kier alpha value is -1.84. The van der Waals surface area contributed by atoms with Crippen molar-refractivity contribution in [2.75, 3.05) is 0 Å². The summed E-state index contributed by atoms with van der Waals surface area (Å²) in [7, 11) is 0. The van der Waals surface area contributed by atoms with Crippen molar-refractivity contribution in [3.8, 4) is 0 Å². The zero-order valence-corrected chi connectivity index (χ0v) is 9.27. The molecule has 84 valence electrons. The molecule has 0 aliphatic carbocycles. The molecule has 4 heteroatoms. The maximum absolute atomic E-state index is 11.4. The Labute approximate surface area is 93.6 Å². The summed E-state index contributed by atoms with van der Waals surface area (Å²) in [4.78, 5) is 15.6. The van der Waals surface area contributed by atoms with Crippen molar-refractivity contribution in [1.82, 2.24) is 0 Å². The van der Waals surface area contributed by atoms with Crippen LogP contribution in [0.1, 0.15) is 26.0 Å². The monoisotopic (exact) mass is 219 g/mol. The van der Waals surface area contributed by atoms with E-state index in [1.807, 2.05) is 13.8 Å². The third kappa shape index (κ3) is 2.39. The van der Waals surface area contributed by atoms with Gasteiger partial charge in [-0.25, -0.2) is 9.79 Å². The van der Waals surface area contributed by atoms with Gasteiger partial charge in [-0.15, -0.1) is 0 Å². The Bertz CT molecular complexity index is 441. The Morgan fingerprint density at radius 1 is 1.50 bits per heavy atom. The lowest BCUT2D eigenvalue weighted by atomic mass is 10.1. The minimum atomic E-state index is -0.410. The summed E-state index contributed by atoms with van der Waals surface area (Å²) in [6, 6.07) is 3.52. The zero-order valence-electron chi connectivity index (χ0n) is 9.27. The molecule has 0 atom stereocenters. The van der Waals surface area contributed by atoms with E-state index in [2.05, 4.69) is 4.99 Å². The highest BCUT2D eigenvalue weighted by Gasteiger charge is 2.23. The molecule has 0 saturated heterocycles. The predicted molar refractivity (Wildman–Crippen MR) is 59.7 cm³/mol. The van der Waals surface area contributed by atoms with Gasteiger partial charge in [0.1, 0.15) is 5.76 Å². The van der Waals surface area contributed by atoms with E-state index in [9.17, 15) is 4.79 Å². The fourth-order valence-corrected chi connectivity index (χ4v) is 1.40. The Balaban J connectivity index is 2.17. The van der Waals surface area contributed by atoms with E-state index in [-0.39, 0.29) is 0 Å². The van der Waals surface area contributed by atoms with Crippen molar-refractivity contribution in [3.05, 3.63) is 29.9 Å². The summed E-state index contributed by atoms with van der Waals surface area (Å²) in [6.45, 7) is 4.09. The maximum Gasteiger partial charge on any atom is 0.363 e. The first-order valence-electron chi connectivity index (χ1n) is 5.20. The highest BCUT2D eigenvalue weighted by atomic mass is 16.6. The van der Waals surface area contributed by atoms with Gasteiger partial charge in [0.05, 0.1) is 6.26 Å². The second kappa shape index (κ2) is 4.35. The third-order valence-corrected chi connectivity index (χ3v) is 2.07. The van der Waals surface area contributed by atoms with Gasteiger partial charge in [-0.2, -0.15) is 0 Å². The van der Waals surface area contributed by atoms with Gasteiger partial charge in [0, 0.05) is 12.5 Å². The minimum absolute atomic E-state index is 0.297. The lowest BCUT2D eigenvalue weighted by molar-refractivity contribution is -0.130. The molecule has 2 rings (SSSR count). The second-order valence-corrected chi connectivity index (χ2v) is 4.04. The minimum Gasteiger partial charge on any atom is -0.465 e. The molecule has 1 aromatic rings. The average molecular weight is 219 g/mol. The molecule has 0 fully saturated rings. The number of esters is 1. The van der Waals surface area contributed by atoms with E-state index in [1.165, 1.54) is 0 Å². The molecule has 0 spiro atoms. The predicted octanol–water partition coefficient (Wildman–Crippen LogP) is 2.62. The van der Waals surface area contributed by atoms with Crippen molar-refractivity contribution in [3.63, 3.8) is 0 Å². The van der Waals surface area contributed by atoms with Gasteiger partial charge in [0.15, 0.2) is 11.6 Å². The molecule has 1 aromatic heterocycles. The quantitative estimate of drug-likeness (QED) is 0.580. The number of furan rings is 1. The number of cyclic esters (lactones) is 1. The van der Waals surface area contributed by atoms with Gasteiger partial charge in [-0.3, -0.25) is 0 Å². The summed E-state index contributed by atoms with van der Waals surface area (Å²) < 4.78 is 10.1. The van der Waals surface area contributed by atoms with Crippen LogP contribution in [0.25, 0.3) is 6.08 Å². The van der Waals surface area contributed by atoms with E-state index in [0.29, 0.717) is 29.7 Å². The van der Waals surface area contributed by atoms with Crippen molar-refractivity contribution in [2.45, 2.75) is 20.3 Å². The largest absolute Gasteiger partial charge is 0.465 e. The lowest BCUT2D eigenvalue weighted by Gasteiger charge is -2.01. The summed E-state index contributed by atoms with van der Waals surface area (Å²) in [5, 5.41) is 0. The molecule has 0 bridgehead atoms.